The molecule has 4 aliphatic rings. The standard InChI is InChI=1S/C26H31N3O3.ClH/c1-18-8-11-28(12-9-18)13-14-32-24-16-20(6-7-23(24)31-3)29-17-22-21(26(29)30)15-19-5-4-10-27(2)25(19)22;/h4-7,10,15-16,18H,8-9,11-14,17H2,1-3H3;1H. The number of amides is 1. The number of methoxy groups -OCH3 is 1. The lowest BCUT2D eigenvalue weighted by atomic mass is 9.99. The van der Waals surface area contributed by atoms with Crippen molar-refractivity contribution in [3.63, 3.8) is 0 Å². The van der Waals surface area contributed by atoms with E-state index in [-0.39, 0.29) is 18.3 Å². The van der Waals surface area contributed by atoms with Crippen molar-refractivity contribution in [1.29, 1.82) is 0 Å². The molecule has 3 heterocycles. The minimum atomic E-state index is 0. The molecule has 0 saturated carbocycles. The number of carbonyl (C=O) groups is 1. The Morgan fingerprint density at radius 2 is 1.88 bits per heavy atom. The molecule has 176 valence electrons. The second-order valence-electron chi connectivity index (χ2n) is 9.06. The molecule has 1 fully saturated rings. The van der Waals surface area contributed by atoms with Crippen LogP contribution in [0.2, 0.25) is 0 Å². The molecule has 0 unspecified atom stereocenters. The number of nitrogens with zero attached hydrogens (tertiary/aromatic N) is 3. The van der Waals surface area contributed by atoms with E-state index in [4.69, 9.17) is 9.47 Å². The number of carbonyl (C=O) groups excluding carboxylic acids is 1. The van der Waals surface area contributed by atoms with E-state index in [0.717, 1.165) is 53.6 Å². The van der Waals surface area contributed by atoms with Gasteiger partial charge < -0.3 is 18.9 Å². The fourth-order valence-corrected chi connectivity index (χ4v) is 4.96. The first kappa shape index (κ1) is 23.5. The molecule has 0 spiro atoms. The summed E-state index contributed by atoms with van der Waals surface area (Å²) < 4.78 is 13.7. The monoisotopic (exact) mass is 469 g/mol. The summed E-state index contributed by atoms with van der Waals surface area (Å²) >= 11 is 0. The van der Waals surface area contributed by atoms with Crippen molar-refractivity contribution in [2.24, 2.45) is 13.0 Å². The lowest BCUT2D eigenvalue weighted by Gasteiger charge is -2.30. The highest BCUT2D eigenvalue weighted by atomic mass is 35.5. The number of aryl methyl sites for hydroxylation is 1. The summed E-state index contributed by atoms with van der Waals surface area (Å²) in [5, 5.41) is 0. The molecule has 1 aromatic rings. The van der Waals surface area contributed by atoms with Crippen LogP contribution in [0.15, 0.2) is 42.6 Å². The van der Waals surface area contributed by atoms with Crippen LogP contribution >= 0.6 is 12.4 Å². The van der Waals surface area contributed by atoms with Gasteiger partial charge in [-0.05, 0) is 61.7 Å². The molecular weight excluding hydrogens is 438 g/mol. The number of likely N-dealkylation sites (tertiary alicyclic amines) is 1. The number of rotatable bonds is 6. The summed E-state index contributed by atoms with van der Waals surface area (Å²) in [5.74, 6) is 2.24. The molecule has 1 aliphatic carbocycles. The Morgan fingerprint density at radius 3 is 2.64 bits per heavy atom. The maximum Gasteiger partial charge on any atom is 0.259 e. The van der Waals surface area contributed by atoms with E-state index in [0.29, 0.717) is 24.7 Å². The summed E-state index contributed by atoms with van der Waals surface area (Å²) in [5.41, 5.74) is 4.95. The number of ether oxygens (including phenoxy) is 2. The second kappa shape index (κ2) is 9.65. The Hall–Kier alpha value is -2.70. The number of anilines is 1. The van der Waals surface area contributed by atoms with Crippen molar-refractivity contribution in [2.75, 3.05) is 38.3 Å². The smallest absolute Gasteiger partial charge is 0.259 e. The first-order chi connectivity index (χ1) is 15.5. The van der Waals surface area contributed by atoms with Crippen LogP contribution < -0.4 is 14.4 Å². The number of benzene rings is 1. The van der Waals surface area contributed by atoms with Gasteiger partial charge in [-0.1, -0.05) is 13.0 Å². The highest BCUT2D eigenvalue weighted by molar-refractivity contribution is 6.12. The van der Waals surface area contributed by atoms with Crippen molar-refractivity contribution in [3.8, 4) is 22.8 Å². The zero-order valence-corrected chi connectivity index (χ0v) is 20.4. The van der Waals surface area contributed by atoms with E-state index in [1.165, 1.54) is 12.8 Å². The van der Waals surface area contributed by atoms with Crippen molar-refractivity contribution in [3.05, 3.63) is 53.7 Å². The summed E-state index contributed by atoms with van der Waals surface area (Å²) in [6, 6.07) is 11.8. The van der Waals surface area contributed by atoms with Gasteiger partial charge in [0, 0.05) is 42.7 Å². The van der Waals surface area contributed by atoms with Crippen LogP contribution in [0.4, 0.5) is 5.69 Å². The zero-order chi connectivity index (χ0) is 22.2. The number of halogens is 1. The summed E-state index contributed by atoms with van der Waals surface area (Å²) in [6.07, 6.45) is 4.54. The van der Waals surface area contributed by atoms with Gasteiger partial charge in [-0.3, -0.25) is 9.69 Å². The molecule has 0 aromatic heterocycles. The maximum absolute atomic E-state index is 13.2. The molecule has 0 radical (unpaired) electrons. The van der Waals surface area contributed by atoms with E-state index in [1.807, 2.05) is 48.5 Å². The van der Waals surface area contributed by atoms with Crippen LogP contribution in [0.1, 0.15) is 35.7 Å². The Bertz CT molecular complexity index is 1100. The van der Waals surface area contributed by atoms with E-state index >= 15 is 0 Å². The number of piperidine rings is 1. The van der Waals surface area contributed by atoms with Crippen LogP contribution in [0.5, 0.6) is 11.5 Å². The van der Waals surface area contributed by atoms with Gasteiger partial charge in [-0.15, -0.1) is 12.4 Å². The summed E-state index contributed by atoms with van der Waals surface area (Å²) in [4.78, 5) is 17.5. The lowest BCUT2D eigenvalue weighted by molar-refractivity contribution is 0.0996. The van der Waals surface area contributed by atoms with Gasteiger partial charge in [-0.25, -0.2) is 0 Å². The first-order valence-electron chi connectivity index (χ1n) is 11.5. The van der Waals surface area contributed by atoms with E-state index in [2.05, 4.69) is 22.5 Å². The molecule has 1 saturated heterocycles. The number of pyridine rings is 1. The highest BCUT2D eigenvalue weighted by Crippen LogP contribution is 2.40. The molecule has 1 aromatic carbocycles. The molecule has 7 heteroatoms. The van der Waals surface area contributed by atoms with Crippen LogP contribution in [-0.4, -0.2) is 48.7 Å². The third-order valence-electron chi connectivity index (χ3n) is 6.91. The van der Waals surface area contributed by atoms with Gasteiger partial charge in [0.1, 0.15) is 6.61 Å². The molecule has 5 rings (SSSR count). The third kappa shape index (κ3) is 4.42. The highest BCUT2D eigenvalue weighted by Gasteiger charge is 2.34. The predicted molar refractivity (Wildman–Crippen MR) is 133 cm³/mol. The van der Waals surface area contributed by atoms with Gasteiger partial charge >= 0.3 is 0 Å². The largest absolute Gasteiger partial charge is 0.493 e. The quantitative estimate of drug-likeness (QED) is 0.518. The third-order valence-corrected chi connectivity index (χ3v) is 6.91. The topological polar surface area (TPSA) is 46.9 Å². The average molecular weight is 470 g/mol. The molecule has 3 aliphatic heterocycles. The van der Waals surface area contributed by atoms with Crippen LogP contribution in [-0.2, 0) is 13.6 Å². The minimum Gasteiger partial charge on any atom is -0.493 e. The molecule has 0 N–H and O–H groups in total. The zero-order valence-electron chi connectivity index (χ0n) is 19.5. The maximum atomic E-state index is 13.2. The van der Waals surface area contributed by atoms with Crippen LogP contribution in [0.3, 0.4) is 0 Å². The second-order valence-corrected chi connectivity index (χ2v) is 9.06. The molecule has 1 amide bonds. The SMILES string of the molecule is COc1ccc(N2Cc3c(cc4cccn(C)c3-4)C2=O)cc1OCCN1CCC(C)CC1.Cl. The average Bonchev–Trinajstić information content (AvgIpc) is 3.32. The van der Waals surface area contributed by atoms with Gasteiger partial charge in [0.25, 0.3) is 5.91 Å². The van der Waals surface area contributed by atoms with E-state index in [1.54, 1.807) is 7.11 Å². The van der Waals surface area contributed by atoms with Crippen LogP contribution in [0.25, 0.3) is 11.3 Å². The Morgan fingerprint density at radius 1 is 1.09 bits per heavy atom. The normalized spacial score (nSPS) is 16.7. The van der Waals surface area contributed by atoms with Crippen molar-refractivity contribution in [1.82, 2.24) is 9.47 Å². The summed E-state index contributed by atoms with van der Waals surface area (Å²) in [7, 11) is 3.68. The lowest BCUT2D eigenvalue weighted by Crippen LogP contribution is -2.35. The van der Waals surface area contributed by atoms with Gasteiger partial charge in [0.2, 0.25) is 0 Å². The van der Waals surface area contributed by atoms with Crippen molar-refractivity contribution in [2.45, 2.75) is 26.3 Å². The predicted octanol–water partition coefficient (Wildman–Crippen LogP) is 4.83. The van der Waals surface area contributed by atoms with E-state index in [9.17, 15) is 4.79 Å². The van der Waals surface area contributed by atoms with Crippen molar-refractivity contribution >= 4 is 24.0 Å². The number of hydrogen-bond donors (Lipinski definition) is 0. The fraction of sp³-hybridized carbons (Fsp3) is 0.423. The molecular formula is C26H32ClN3O3. The Balaban J connectivity index is 0.00000259. The van der Waals surface area contributed by atoms with Crippen molar-refractivity contribution < 1.29 is 14.3 Å². The van der Waals surface area contributed by atoms with Gasteiger partial charge in [0.15, 0.2) is 11.5 Å². The molecule has 6 nitrogen and oxygen atoms in total. The first-order valence-corrected chi connectivity index (χ1v) is 11.5. The van der Waals surface area contributed by atoms with Gasteiger partial charge in [-0.2, -0.15) is 0 Å². The summed E-state index contributed by atoms with van der Waals surface area (Å²) in [6.45, 7) is 6.67. The van der Waals surface area contributed by atoms with Crippen LogP contribution in [0, 0.1) is 5.92 Å². The molecule has 0 bridgehead atoms. The molecule has 33 heavy (non-hydrogen) atoms. The fourth-order valence-electron chi connectivity index (χ4n) is 4.96. The number of hydrogen-bond acceptors (Lipinski definition) is 4. The number of fused-ring (bicyclic) bond motifs is 3. The number of aromatic nitrogens is 1. The molecule has 0 atom stereocenters. The van der Waals surface area contributed by atoms with E-state index < -0.39 is 0 Å². The Kier molecular flexibility index (Phi) is 6.86. The minimum absolute atomic E-state index is 0. The Labute approximate surface area is 201 Å². The van der Waals surface area contributed by atoms with Gasteiger partial charge in [0.05, 0.1) is 19.3 Å².